The van der Waals surface area contributed by atoms with Crippen LogP contribution in [0.1, 0.15) is 38.1 Å². The fourth-order valence-corrected chi connectivity index (χ4v) is 3.01. The first-order valence-corrected chi connectivity index (χ1v) is 7.53. The van der Waals surface area contributed by atoms with Crippen LogP contribution in [0.15, 0.2) is 0 Å². The standard InChI is InChI=1S/C14H24ClN3O/c1-4-17-8-6-14(19,7-9-17)10-12-13(15)11(3)16-18(12)5-2/h19H,4-10H2,1-3H3. The van der Waals surface area contributed by atoms with E-state index in [1.165, 1.54) is 0 Å². The van der Waals surface area contributed by atoms with Crippen molar-refractivity contribution < 1.29 is 5.11 Å². The molecule has 0 spiro atoms. The lowest BCUT2D eigenvalue weighted by Crippen LogP contribution is -2.45. The Balaban J connectivity index is 2.13. The zero-order valence-corrected chi connectivity index (χ0v) is 12.9. The minimum atomic E-state index is -0.630. The Morgan fingerprint density at radius 1 is 1.26 bits per heavy atom. The Hall–Kier alpha value is -0.580. The Labute approximate surface area is 120 Å². The Bertz CT molecular complexity index is 436. The van der Waals surface area contributed by atoms with Gasteiger partial charge in [-0.3, -0.25) is 4.68 Å². The van der Waals surface area contributed by atoms with E-state index in [4.69, 9.17) is 11.6 Å². The monoisotopic (exact) mass is 285 g/mol. The zero-order valence-electron chi connectivity index (χ0n) is 12.1. The molecule has 5 heteroatoms. The van der Waals surface area contributed by atoms with Gasteiger partial charge in [0.1, 0.15) is 0 Å². The summed E-state index contributed by atoms with van der Waals surface area (Å²) < 4.78 is 1.92. The van der Waals surface area contributed by atoms with E-state index in [0.29, 0.717) is 11.4 Å². The van der Waals surface area contributed by atoms with Crippen LogP contribution < -0.4 is 0 Å². The summed E-state index contributed by atoms with van der Waals surface area (Å²) in [5.41, 5.74) is 1.21. The largest absolute Gasteiger partial charge is 0.389 e. The van der Waals surface area contributed by atoms with Crippen LogP contribution in [0.5, 0.6) is 0 Å². The van der Waals surface area contributed by atoms with Gasteiger partial charge in [-0.2, -0.15) is 5.10 Å². The van der Waals surface area contributed by atoms with E-state index >= 15 is 0 Å². The third-order valence-corrected chi connectivity index (χ3v) is 4.67. The van der Waals surface area contributed by atoms with Gasteiger partial charge >= 0.3 is 0 Å². The summed E-state index contributed by atoms with van der Waals surface area (Å²) in [5, 5.41) is 15.9. The number of aryl methyl sites for hydroxylation is 2. The van der Waals surface area contributed by atoms with Crippen molar-refractivity contribution in [3.05, 3.63) is 16.4 Å². The molecule has 1 aromatic rings. The second kappa shape index (κ2) is 5.81. The first-order valence-electron chi connectivity index (χ1n) is 7.15. The molecule has 0 aromatic carbocycles. The summed E-state index contributed by atoms with van der Waals surface area (Å²) in [6, 6.07) is 0. The number of aromatic nitrogens is 2. The third-order valence-electron chi connectivity index (χ3n) is 4.18. The van der Waals surface area contributed by atoms with Crippen LogP contribution in [0, 0.1) is 6.92 Å². The van der Waals surface area contributed by atoms with Gasteiger partial charge in [0.25, 0.3) is 0 Å². The molecule has 1 fully saturated rings. The fourth-order valence-electron chi connectivity index (χ4n) is 2.81. The number of hydrogen-bond donors (Lipinski definition) is 1. The van der Waals surface area contributed by atoms with Crippen molar-refractivity contribution in [3.63, 3.8) is 0 Å². The molecule has 0 amide bonds. The van der Waals surface area contributed by atoms with Gasteiger partial charge in [0.15, 0.2) is 0 Å². The topological polar surface area (TPSA) is 41.3 Å². The number of aliphatic hydroxyl groups is 1. The molecule has 0 saturated carbocycles. The van der Waals surface area contributed by atoms with Crippen molar-refractivity contribution in [2.24, 2.45) is 0 Å². The normalized spacial score (nSPS) is 19.8. The second-order valence-electron chi connectivity index (χ2n) is 5.50. The molecule has 1 aliphatic rings. The number of piperidine rings is 1. The smallest absolute Gasteiger partial charge is 0.0848 e. The molecular weight excluding hydrogens is 262 g/mol. The van der Waals surface area contributed by atoms with Gasteiger partial charge in [-0.1, -0.05) is 18.5 Å². The molecule has 2 rings (SSSR count). The predicted molar refractivity (Wildman–Crippen MR) is 77.6 cm³/mol. The first-order chi connectivity index (χ1) is 8.99. The summed E-state index contributed by atoms with van der Waals surface area (Å²) in [6.45, 7) is 9.91. The van der Waals surface area contributed by atoms with Crippen molar-refractivity contribution in [2.75, 3.05) is 19.6 Å². The molecule has 0 bridgehead atoms. The quantitative estimate of drug-likeness (QED) is 0.923. The average Bonchev–Trinajstić information content (AvgIpc) is 2.67. The Morgan fingerprint density at radius 3 is 2.42 bits per heavy atom. The van der Waals surface area contributed by atoms with Crippen molar-refractivity contribution in [2.45, 2.75) is 52.2 Å². The molecule has 1 aromatic heterocycles. The lowest BCUT2D eigenvalue weighted by Gasteiger charge is -2.37. The molecule has 19 heavy (non-hydrogen) atoms. The van der Waals surface area contributed by atoms with E-state index in [-0.39, 0.29) is 0 Å². The van der Waals surface area contributed by atoms with E-state index in [1.54, 1.807) is 0 Å². The van der Waals surface area contributed by atoms with E-state index in [0.717, 1.165) is 50.4 Å². The van der Waals surface area contributed by atoms with Crippen LogP contribution in [0.25, 0.3) is 0 Å². The summed E-state index contributed by atoms with van der Waals surface area (Å²) in [7, 11) is 0. The van der Waals surface area contributed by atoms with Gasteiger partial charge in [0.2, 0.25) is 0 Å². The molecule has 4 nitrogen and oxygen atoms in total. The SMILES string of the molecule is CCN1CCC(O)(Cc2c(Cl)c(C)nn2CC)CC1. The highest BCUT2D eigenvalue weighted by molar-refractivity contribution is 6.31. The average molecular weight is 286 g/mol. The molecule has 1 aliphatic heterocycles. The minimum absolute atomic E-state index is 0.609. The van der Waals surface area contributed by atoms with Crippen LogP contribution in [-0.4, -0.2) is 45.0 Å². The van der Waals surface area contributed by atoms with Crippen LogP contribution in [0.4, 0.5) is 0 Å². The van der Waals surface area contributed by atoms with Crippen molar-refractivity contribution in [1.82, 2.24) is 14.7 Å². The molecule has 2 heterocycles. The highest BCUT2D eigenvalue weighted by atomic mass is 35.5. The molecule has 1 saturated heterocycles. The lowest BCUT2D eigenvalue weighted by molar-refractivity contribution is -0.0208. The van der Waals surface area contributed by atoms with Crippen LogP contribution in [0.3, 0.4) is 0 Å². The van der Waals surface area contributed by atoms with Gasteiger partial charge in [-0.25, -0.2) is 0 Å². The summed E-state index contributed by atoms with van der Waals surface area (Å²) in [6.07, 6.45) is 2.23. The fraction of sp³-hybridized carbons (Fsp3) is 0.786. The molecule has 108 valence electrons. The molecular formula is C14H24ClN3O. The zero-order chi connectivity index (χ0) is 14.0. The molecule has 0 radical (unpaired) electrons. The van der Waals surface area contributed by atoms with Crippen LogP contribution in [-0.2, 0) is 13.0 Å². The highest BCUT2D eigenvalue weighted by Gasteiger charge is 2.34. The number of hydrogen-bond acceptors (Lipinski definition) is 3. The van der Waals surface area contributed by atoms with Gasteiger partial charge in [-0.05, 0) is 33.2 Å². The lowest BCUT2D eigenvalue weighted by atomic mass is 9.87. The summed E-state index contributed by atoms with van der Waals surface area (Å²) in [4.78, 5) is 2.37. The second-order valence-corrected chi connectivity index (χ2v) is 5.88. The van der Waals surface area contributed by atoms with Gasteiger partial charge in [-0.15, -0.1) is 0 Å². The maximum atomic E-state index is 10.8. The summed E-state index contributed by atoms with van der Waals surface area (Å²) >= 11 is 6.32. The molecule has 0 atom stereocenters. The van der Waals surface area contributed by atoms with Crippen molar-refractivity contribution in [3.8, 4) is 0 Å². The van der Waals surface area contributed by atoms with Crippen LogP contribution in [0.2, 0.25) is 5.02 Å². The van der Waals surface area contributed by atoms with E-state index < -0.39 is 5.60 Å². The number of halogens is 1. The molecule has 0 aliphatic carbocycles. The van der Waals surface area contributed by atoms with E-state index in [9.17, 15) is 5.11 Å². The number of likely N-dealkylation sites (tertiary alicyclic amines) is 1. The molecule has 0 unspecified atom stereocenters. The van der Waals surface area contributed by atoms with Crippen molar-refractivity contribution in [1.29, 1.82) is 0 Å². The highest BCUT2D eigenvalue weighted by Crippen LogP contribution is 2.30. The van der Waals surface area contributed by atoms with E-state index in [2.05, 4.69) is 23.8 Å². The minimum Gasteiger partial charge on any atom is -0.389 e. The van der Waals surface area contributed by atoms with Crippen LogP contribution >= 0.6 is 11.6 Å². The third kappa shape index (κ3) is 3.12. The molecule has 1 N–H and O–H groups in total. The maximum absolute atomic E-state index is 10.8. The first kappa shape index (κ1) is 14.8. The van der Waals surface area contributed by atoms with Gasteiger partial charge in [0, 0.05) is 26.1 Å². The number of rotatable bonds is 4. The Morgan fingerprint density at radius 2 is 1.89 bits per heavy atom. The van der Waals surface area contributed by atoms with E-state index in [1.807, 2.05) is 11.6 Å². The van der Waals surface area contributed by atoms with Gasteiger partial charge in [0.05, 0.1) is 22.0 Å². The van der Waals surface area contributed by atoms with Crippen molar-refractivity contribution >= 4 is 11.6 Å². The Kier molecular flexibility index (Phi) is 4.54. The maximum Gasteiger partial charge on any atom is 0.0848 e. The predicted octanol–water partition coefficient (Wildman–Crippen LogP) is 2.25. The van der Waals surface area contributed by atoms with Gasteiger partial charge < -0.3 is 10.0 Å². The number of nitrogens with zero attached hydrogens (tertiary/aromatic N) is 3. The summed E-state index contributed by atoms with van der Waals surface area (Å²) in [5.74, 6) is 0.